The maximum Gasteiger partial charge on any atom is 0.0825 e. The Hall–Kier alpha value is -0.0400. The summed E-state index contributed by atoms with van der Waals surface area (Å²) in [5.74, 6) is 0.724. The number of unbranched alkanes of at least 4 members (excludes halogenated alkanes) is 2. The van der Waals surface area contributed by atoms with E-state index in [9.17, 15) is 5.11 Å². The second-order valence-electron chi connectivity index (χ2n) is 3.64. The molecule has 0 saturated carbocycles. The van der Waals surface area contributed by atoms with Gasteiger partial charge in [0.25, 0.3) is 0 Å². The number of hydrogen-bond donors (Lipinski definition) is 0. The van der Waals surface area contributed by atoms with Crippen LogP contribution in [0.3, 0.4) is 0 Å². The largest absolute Gasteiger partial charge is 0.237 e. The zero-order chi connectivity index (χ0) is 9.23. The first kappa shape index (κ1) is 12.0. The molecule has 1 radical (unpaired) electrons. The SMILES string of the molecule is CCCCC(CC[O])CCCC. The third kappa shape index (κ3) is 6.66. The first-order chi connectivity index (χ1) is 5.85. The highest BCUT2D eigenvalue weighted by Crippen LogP contribution is 2.19. The molecule has 0 aliphatic heterocycles. The van der Waals surface area contributed by atoms with Crippen LogP contribution in [0, 0.1) is 5.92 Å². The number of rotatable bonds is 8. The van der Waals surface area contributed by atoms with Crippen LogP contribution in [-0.4, -0.2) is 6.61 Å². The third-order valence-corrected chi connectivity index (χ3v) is 2.46. The summed E-state index contributed by atoms with van der Waals surface area (Å²) < 4.78 is 0. The van der Waals surface area contributed by atoms with Crippen LogP contribution in [0.25, 0.3) is 0 Å². The lowest BCUT2D eigenvalue weighted by Gasteiger charge is -2.13. The predicted octanol–water partition coefficient (Wildman–Crippen LogP) is 3.80. The standard InChI is InChI=1S/C11H23O/c1-3-5-7-11(9-10-12)8-6-4-2/h11H,3-10H2,1-2H3. The average Bonchev–Trinajstić information content (AvgIpc) is 2.10. The summed E-state index contributed by atoms with van der Waals surface area (Å²) in [6.07, 6.45) is 8.59. The Bertz CT molecular complexity index is 73.1. The highest BCUT2D eigenvalue weighted by Gasteiger charge is 2.06. The minimum Gasteiger partial charge on any atom is -0.237 e. The van der Waals surface area contributed by atoms with Crippen LogP contribution in [0.1, 0.15) is 58.8 Å². The molecule has 0 bridgehead atoms. The molecule has 0 unspecified atom stereocenters. The van der Waals surface area contributed by atoms with E-state index in [1.54, 1.807) is 0 Å². The molecule has 1 heteroatoms. The zero-order valence-electron chi connectivity index (χ0n) is 8.64. The fraction of sp³-hybridized carbons (Fsp3) is 1.00. The van der Waals surface area contributed by atoms with Crippen molar-refractivity contribution in [1.82, 2.24) is 0 Å². The van der Waals surface area contributed by atoms with E-state index in [1.165, 1.54) is 38.5 Å². The molecule has 0 saturated heterocycles. The van der Waals surface area contributed by atoms with Gasteiger partial charge in [0.05, 0.1) is 6.61 Å². The molecule has 0 aromatic carbocycles. The first-order valence-electron chi connectivity index (χ1n) is 5.43. The van der Waals surface area contributed by atoms with Crippen molar-refractivity contribution in [2.24, 2.45) is 5.92 Å². The van der Waals surface area contributed by atoms with Gasteiger partial charge in [0.2, 0.25) is 0 Å². The highest BCUT2D eigenvalue weighted by molar-refractivity contribution is 4.58. The second kappa shape index (κ2) is 9.05. The maximum atomic E-state index is 10.5. The summed E-state index contributed by atoms with van der Waals surface area (Å²) in [6.45, 7) is 4.56. The van der Waals surface area contributed by atoms with Crippen molar-refractivity contribution in [3.63, 3.8) is 0 Å². The Morgan fingerprint density at radius 2 is 1.42 bits per heavy atom. The normalized spacial score (nSPS) is 11.0. The monoisotopic (exact) mass is 171 g/mol. The Labute approximate surface area is 77.2 Å². The molecule has 0 amide bonds. The molecular formula is C11H23O. The lowest BCUT2D eigenvalue weighted by atomic mass is 9.93. The summed E-state index contributed by atoms with van der Waals surface area (Å²) in [7, 11) is 0. The molecular weight excluding hydrogens is 148 g/mol. The quantitative estimate of drug-likeness (QED) is 0.529. The van der Waals surface area contributed by atoms with Crippen molar-refractivity contribution in [1.29, 1.82) is 0 Å². The van der Waals surface area contributed by atoms with Gasteiger partial charge < -0.3 is 0 Å². The van der Waals surface area contributed by atoms with Crippen LogP contribution in [-0.2, 0) is 5.11 Å². The van der Waals surface area contributed by atoms with Crippen molar-refractivity contribution in [3.8, 4) is 0 Å². The maximum absolute atomic E-state index is 10.5. The minimum absolute atomic E-state index is 0.123. The van der Waals surface area contributed by atoms with E-state index in [1.807, 2.05) is 0 Å². The van der Waals surface area contributed by atoms with Gasteiger partial charge in [-0.1, -0.05) is 52.4 Å². The minimum atomic E-state index is 0.123. The van der Waals surface area contributed by atoms with Crippen LogP contribution in [0.15, 0.2) is 0 Å². The van der Waals surface area contributed by atoms with Gasteiger partial charge >= 0.3 is 0 Å². The predicted molar refractivity (Wildman–Crippen MR) is 52.7 cm³/mol. The topological polar surface area (TPSA) is 19.9 Å². The molecule has 1 nitrogen and oxygen atoms in total. The van der Waals surface area contributed by atoms with E-state index >= 15 is 0 Å². The van der Waals surface area contributed by atoms with Crippen molar-refractivity contribution < 1.29 is 5.11 Å². The van der Waals surface area contributed by atoms with E-state index in [0.717, 1.165) is 12.3 Å². The second-order valence-corrected chi connectivity index (χ2v) is 3.64. The Morgan fingerprint density at radius 1 is 0.917 bits per heavy atom. The Morgan fingerprint density at radius 3 is 1.75 bits per heavy atom. The molecule has 73 valence electrons. The fourth-order valence-corrected chi connectivity index (χ4v) is 1.59. The first-order valence-corrected chi connectivity index (χ1v) is 5.43. The van der Waals surface area contributed by atoms with Gasteiger partial charge in [-0.2, -0.15) is 0 Å². The summed E-state index contributed by atoms with van der Waals surface area (Å²) in [6, 6.07) is 0. The summed E-state index contributed by atoms with van der Waals surface area (Å²) in [5.41, 5.74) is 0. The molecule has 0 aromatic rings. The van der Waals surface area contributed by atoms with E-state index in [-0.39, 0.29) is 6.61 Å². The summed E-state index contributed by atoms with van der Waals surface area (Å²) >= 11 is 0. The van der Waals surface area contributed by atoms with Crippen LogP contribution in [0.5, 0.6) is 0 Å². The average molecular weight is 171 g/mol. The van der Waals surface area contributed by atoms with Gasteiger partial charge in [0, 0.05) is 0 Å². The van der Waals surface area contributed by atoms with Crippen molar-refractivity contribution in [2.45, 2.75) is 58.8 Å². The number of hydrogen-bond acceptors (Lipinski definition) is 0. The Kier molecular flexibility index (Phi) is 9.02. The van der Waals surface area contributed by atoms with Crippen molar-refractivity contribution >= 4 is 0 Å². The molecule has 0 aromatic heterocycles. The smallest absolute Gasteiger partial charge is 0.0825 e. The van der Waals surface area contributed by atoms with Gasteiger partial charge in [0.15, 0.2) is 0 Å². The van der Waals surface area contributed by atoms with Crippen LogP contribution in [0.4, 0.5) is 0 Å². The third-order valence-electron chi connectivity index (χ3n) is 2.46. The molecule has 0 aliphatic carbocycles. The Balaban J connectivity index is 3.40. The molecule has 0 atom stereocenters. The van der Waals surface area contributed by atoms with Crippen LogP contribution < -0.4 is 0 Å². The molecule has 0 rings (SSSR count). The van der Waals surface area contributed by atoms with E-state index in [4.69, 9.17) is 0 Å². The van der Waals surface area contributed by atoms with Gasteiger partial charge in [-0.3, -0.25) is 0 Å². The summed E-state index contributed by atoms with van der Waals surface area (Å²) in [4.78, 5) is 0. The highest BCUT2D eigenvalue weighted by atomic mass is 16.3. The lowest BCUT2D eigenvalue weighted by Crippen LogP contribution is -2.02. The van der Waals surface area contributed by atoms with E-state index in [0.29, 0.717) is 0 Å². The van der Waals surface area contributed by atoms with Crippen LogP contribution >= 0.6 is 0 Å². The fourth-order valence-electron chi connectivity index (χ4n) is 1.59. The van der Waals surface area contributed by atoms with E-state index in [2.05, 4.69) is 13.8 Å². The van der Waals surface area contributed by atoms with Crippen molar-refractivity contribution in [3.05, 3.63) is 0 Å². The van der Waals surface area contributed by atoms with Gasteiger partial charge in [0.1, 0.15) is 0 Å². The molecule has 0 aliphatic rings. The lowest BCUT2D eigenvalue weighted by molar-refractivity contribution is 0.164. The molecule has 0 heterocycles. The van der Waals surface area contributed by atoms with Crippen molar-refractivity contribution in [2.75, 3.05) is 6.61 Å². The van der Waals surface area contributed by atoms with Gasteiger partial charge in [-0.25, -0.2) is 5.11 Å². The van der Waals surface area contributed by atoms with E-state index < -0.39 is 0 Å². The zero-order valence-corrected chi connectivity index (χ0v) is 8.64. The van der Waals surface area contributed by atoms with Gasteiger partial charge in [-0.05, 0) is 12.3 Å². The summed E-state index contributed by atoms with van der Waals surface area (Å²) in [5, 5.41) is 10.5. The molecule has 0 N–H and O–H groups in total. The van der Waals surface area contributed by atoms with Gasteiger partial charge in [-0.15, -0.1) is 0 Å². The van der Waals surface area contributed by atoms with Crippen LogP contribution in [0.2, 0.25) is 0 Å². The molecule has 0 spiro atoms. The molecule has 12 heavy (non-hydrogen) atoms. The molecule has 0 fully saturated rings.